The summed E-state index contributed by atoms with van der Waals surface area (Å²) in [6.07, 6.45) is 0. The SMILES string of the molecule is Cc1nn(-c2ccccc2)c(C)c1NC(=O)c1cccc(NC(=O)C(Cl)(Cl)Cl)c1. The third-order valence-corrected chi connectivity index (χ3v) is 4.69. The van der Waals surface area contributed by atoms with Crippen molar-refractivity contribution < 1.29 is 9.59 Å². The molecule has 0 radical (unpaired) electrons. The second-order valence-electron chi connectivity index (χ2n) is 6.28. The first-order valence-corrected chi connectivity index (χ1v) is 9.71. The Balaban J connectivity index is 1.82. The molecule has 2 amide bonds. The van der Waals surface area contributed by atoms with E-state index in [1.54, 1.807) is 22.9 Å². The van der Waals surface area contributed by atoms with E-state index < -0.39 is 9.70 Å². The van der Waals surface area contributed by atoms with Crippen LogP contribution in [0.4, 0.5) is 11.4 Å². The van der Waals surface area contributed by atoms with Crippen LogP contribution in [0.15, 0.2) is 54.6 Å². The van der Waals surface area contributed by atoms with Gasteiger partial charge in [-0.05, 0) is 44.2 Å². The van der Waals surface area contributed by atoms with E-state index >= 15 is 0 Å². The van der Waals surface area contributed by atoms with Crippen molar-refractivity contribution in [3.05, 3.63) is 71.5 Å². The van der Waals surface area contributed by atoms with Gasteiger partial charge >= 0.3 is 0 Å². The van der Waals surface area contributed by atoms with Gasteiger partial charge < -0.3 is 10.6 Å². The summed E-state index contributed by atoms with van der Waals surface area (Å²) in [6, 6.07) is 16.0. The van der Waals surface area contributed by atoms with E-state index in [9.17, 15) is 9.59 Å². The lowest BCUT2D eigenvalue weighted by molar-refractivity contribution is -0.115. The topological polar surface area (TPSA) is 76.0 Å². The Morgan fingerprint density at radius 3 is 2.31 bits per heavy atom. The van der Waals surface area contributed by atoms with Crippen LogP contribution in [-0.4, -0.2) is 25.4 Å². The van der Waals surface area contributed by atoms with Crippen LogP contribution in [0.2, 0.25) is 0 Å². The maximum Gasteiger partial charge on any atom is 0.276 e. The van der Waals surface area contributed by atoms with Gasteiger partial charge in [-0.3, -0.25) is 9.59 Å². The Morgan fingerprint density at radius 2 is 1.66 bits per heavy atom. The van der Waals surface area contributed by atoms with E-state index in [2.05, 4.69) is 15.7 Å². The summed E-state index contributed by atoms with van der Waals surface area (Å²) in [5, 5.41) is 9.85. The minimum atomic E-state index is -2.10. The number of carbonyl (C=O) groups excluding carboxylic acids is 2. The van der Waals surface area contributed by atoms with Crippen LogP contribution in [0.5, 0.6) is 0 Å². The normalized spacial score (nSPS) is 11.2. The van der Waals surface area contributed by atoms with Gasteiger partial charge in [0.2, 0.25) is 0 Å². The second-order valence-corrected chi connectivity index (χ2v) is 8.56. The van der Waals surface area contributed by atoms with Crippen molar-refractivity contribution >= 4 is 58.0 Å². The van der Waals surface area contributed by atoms with E-state index in [0.717, 1.165) is 11.4 Å². The summed E-state index contributed by atoms with van der Waals surface area (Å²) in [5.41, 5.74) is 3.66. The zero-order chi connectivity index (χ0) is 21.2. The molecule has 0 spiro atoms. The van der Waals surface area contributed by atoms with E-state index in [-0.39, 0.29) is 5.91 Å². The summed E-state index contributed by atoms with van der Waals surface area (Å²) in [4.78, 5) is 24.6. The molecule has 3 rings (SSSR count). The van der Waals surface area contributed by atoms with Gasteiger partial charge in [0.15, 0.2) is 0 Å². The van der Waals surface area contributed by atoms with Gasteiger partial charge in [0.1, 0.15) is 0 Å². The van der Waals surface area contributed by atoms with Crippen molar-refractivity contribution in [3.8, 4) is 5.69 Å². The molecule has 2 N–H and O–H groups in total. The number of benzene rings is 2. The van der Waals surface area contributed by atoms with Crippen molar-refractivity contribution in [1.29, 1.82) is 0 Å². The number of hydrogen-bond acceptors (Lipinski definition) is 3. The van der Waals surface area contributed by atoms with Crippen LogP contribution in [-0.2, 0) is 4.79 Å². The fourth-order valence-electron chi connectivity index (χ4n) is 2.77. The number of carbonyl (C=O) groups is 2. The second kappa shape index (κ2) is 8.45. The lowest BCUT2D eigenvalue weighted by Gasteiger charge is -2.12. The monoisotopic (exact) mass is 450 g/mol. The molecule has 6 nitrogen and oxygen atoms in total. The number of para-hydroxylation sites is 1. The van der Waals surface area contributed by atoms with Crippen molar-refractivity contribution in [2.45, 2.75) is 17.6 Å². The molecule has 29 heavy (non-hydrogen) atoms. The molecule has 0 aliphatic heterocycles. The first kappa shape index (κ1) is 21.2. The zero-order valence-electron chi connectivity index (χ0n) is 15.5. The van der Waals surface area contributed by atoms with Crippen molar-refractivity contribution in [2.75, 3.05) is 10.6 Å². The molecule has 3 aromatic rings. The fourth-order valence-corrected chi connectivity index (χ4v) is 2.91. The van der Waals surface area contributed by atoms with Gasteiger partial charge in [-0.2, -0.15) is 5.10 Å². The largest absolute Gasteiger partial charge is 0.322 e. The number of alkyl halides is 3. The van der Waals surface area contributed by atoms with Crippen LogP contribution >= 0.6 is 34.8 Å². The van der Waals surface area contributed by atoms with Gasteiger partial charge in [-0.15, -0.1) is 0 Å². The van der Waals surface area contributed by atoms with Crippen molar-refractivity contribution in [2.24, 2.45) is 0 Å². The Morgan fingerprint density at radius 1 is 0.966 bits per heavy atom. The lowest BCUT2D eigenvalue weighted by Crippen LogP contribution is -2.27. The summed E-state index contributed by atoms with van der Waals surface area (Å²) >= 11 is 16.7. The number of aromatic nitrogens is 2. The first-order chi connectivity index (χ1) is 13.7. The molecular weight excluding hydrogens is 435 g/mol. The minimum Gasteiger partial charge on any atom is -0.322 e. The number of amides is 2. The maximum absolute atomic E-state index is 12.8. The van der Waals surface area contributed by atoms with Crippen LogP contribution in [0, 0.1) is 13.8 Å². The van der Waals surface area contributed by atoms with Crippen LogP contribution < -0.4 is 10.6 Å². The van der Waals surface area contributed by atoms with Gasteiger partial charge in [0, 0.05) is 11.3 Å². The maximum atomic E-state index is 12.8. The third kappa shape index (κ3) is 4.90. The molecule has 9 heteroatoms. The van der Waals surface area contributed by atoms with E-state index in [0.29, 0.717) is 22.6 Å². The summed E-state index contributed by atoms with van der Waals surface area (Å²) in [7, 11) is 0. The molecule has 0 bridgehead atoms. The molecule has 2 aromatic carbocycles. The summed E-state index contributed by atoms with van der Waals surface area (Å²) in [5.74, 6) is -1.16. The summed E-state index contributed by atoms with van der Waals surface area (Å²) in [6.45, 7) is 3.69. The summed E-state index contributed by atoms with van der Waals surface area (Å²) < 4.78 is -0.332. The number of hydrogen-bond donors (Lipinski definition) is 2. The molecular formula is C20H17Cl3N4O2. The Bertz CT molecular complexity index is 1060. The van der Waals surface area contributed by atoms with Crippen molar-refractivity contribution in [1.82, 2.24) is 9.78 Å². The predicted octanol–water partition coefficient (Wildman–Crippen LogP) is 5.05. The smallest absolute Gasteiger partial charge is 0.276 e. The van der Waals surface area contributed by atoms with Crippen LogP contribution in [0.25, 0.3) is 5.69 Å². The van der Waals surface area contributed by atoms with Gasteiger partial charge in [0.25, 0.3) is 15.6 Å². The number of nitrogens with zero attached hydrogens (tertiary/aromatic N) is 2. The first-order valence-electron chi connectivity index (χ1n) is 8.58. The quantitative estimate of drug-likeness (QED) is 0.545. The number of aryl methyl sites for hydroxylation is 1. The number of anilines is 2. The molecule has 0 fully saturated rings. The fraction of sp³-hybridized carbons (Fsp3) is 0.150. The standard InChI is InChI=1S/C20H17Cl3N4O2/c1-12-17(13(2)27(26-12)16-9-4-3-5-10-16)25-18(28)14-7-6-8-15(11-14)24-19(29)20(21,22)23/h3-11H,1-2H3,(H,24,29)(H,25,28). The average molecular weight is 452 g/mol. The number of halogens is 3. The highest BCUT2D eigenvalue weighted by Gasteiger charge is 2.30. The molecule has 0 aliphatic rings. The number of nitrogens with one attached hydrogen (secondary N) is 2. The van der Waals surface area contributed by atoms with E-state index in [4.69, 9.17) is 34.8 Å². The average Bonchev–Trinajstić information content (AvgIpc) is 2.96. The van der Waals surface area contributed by atoms with E-state index in [1.807, 2.05) is 44.2 Å². The Kier molecular flexibility index (Phi) is 6.17. The third-order valence-electron chi connectivity index (χ3n) is 4.17. The molecule has 1 aromatic heterocycles. The highest BCUT2D eigenvalue weighted by atomic mass is 35.6. The molecule has 150 valence electrons. The molecule has 0 aliphatic carbocycles. The minimum absolute atomic E-state index is 0.332. The van der Waals surface area contributed by atoms with Gasteiger partial charge in [-0.25, -0.2) is 4.68 Å². The Labute approximate surface area is 182 Å². The zero-order valence-corrected chi connectivity index (χ0v) is 17.8. The molecule has 0 unspecified atom stereocenters. The molecule has 1 heterocycles. The predicted molar refractivity (Wildman–Crippen MR) is 116 cm³/mol. The lowest BCUT2D eigenvalue weighted by atomic mass is 10.1. The molecule has 0 saturated carbocycles. The van der Waals surface area contributed by atoms with Crippen LogP contribution in [0.3, 0.4) is 0 Å². The highest BCUT2D eigenvalue weighted by Crippen LogP contribution is 2.28. The number of rotatable bonds is 4. The van der Waals surface area contributed by atoms with Crippen molar-refractivity contribution in [3.63, 3.8) is 0 Å². The molecule has 0 atom stereocenters. The molecule has 0 saturated heterocycles. The Hall–Kier alpha value is -2.54. The highest BCUT2D eigenvalue weighted by molar-refractivity contribution is 6.76. The van der Waals surface area contributed by atoms with Crippen LogP contribution in [0.1, 0.15) is 21.7 Å². The van der Waals surface area contributed by atoms with Gasteiger partial charge in [-0.1, -0.05) is 59.1 Å². The van der Waals surface area contributed by atoms with E-state index in [1.165, 1.54) is 6.07 Å². The van der Waals surface area contributed by atoms with Gasteiger partial charge in [0.05, 0.1) is 22.8 Å².